The van der Waals surface area contributed by atoms with Crippen molar-refractivity contribution >= 4 is 11.6 Å². The Morgan fingerprint density at radius 1 is 1.03 bits per heavy atom. The van der Waals surface area contributed by atoms with Gasteiger partial charge in [-0.2, -0.15) is 26.3 Å². The second-order valence-corrected chi connectivity index (χ2v) is 8.61. The molecular weight excluding hydrogens is 480 g/mol. The summed E-state index contributed by atoms with van der Waals surface area (Å²) in [5.41, 5.74) is -6.17. The molecule has 1 heterocycles. The summed E-state index contributed by atoms with van der Waals surface area (Å²) in [6.07, 6.45) is -12.4. The van der Waals surface area contributed by atoms with Crippen LogP contribution in [0.4, 0.5) is 32.0 Å². The number of methoxy groups -OCH3 is 1. The van der Waals surface area contributed by atoms with E-state index in [2.05, 4.69) is 0 Å². The number of anilines is 1. The number of aliphatic hydroxyl groups is 1. The van der Waals surface area contributed by atoms with Gasteiger partial charge in [0.15, 0.2) is 0 Å². The van der Waals surface area contributed by atoms with Gasteiger partial charge < -0.3 is 19.5 Å². The summed E-state index contributed by atoms with van der Waals surface area (Å²) in [6, 6.07) is 8.93. The fraction of sp³-hybridized carbons (Fsp3) is 0.458. The van der Waals surface area contributed by atoms with Gasteiger partial charge in [0.25, 0.3) is 5.60 Å². The van der Waals surface area contributed by atoms with Gasteiger partial charge in [-0.15, -0.1) is 0 Å². The maximum absolute atomic E-state index is 13.4. The predicted octanol–water partition coefficient (Wildman–Crippen LogP) is 5.39. The Bertz CT molecular complexity index is 1050. The van der Waals surface area contributed by atoms with Crippen LogP contribution in [0.3, 0.4) is 0 Å². The van der Waals surface area contributed by atoms with Crippen LogP contribution in [0.2, 0.25) is 0 Å². The van der Waals surface area contributed by atoms with Gasteiger partial charge in [-0.3, -0.25) is 4.79 Å². The van der Waals surface area contributed by atoms with Crippen LogP contribution in [0.1, 0.15) is 31.4 Å². The first-order valence-electron chi connectivity index (χ1n) is 10.8. The molecule has 1 aliphatic rings. The summed E-state index contributed by atoms with van der Waals surface area (Å²) in [6.45, 7) is 3.29. The summed E-state index contributed by atoms with van der Waals surface area (Å²) < 4.78 is 91.6. The molecule has 1 amide bonds. The normalized spacial score (nSPS) is 17.1. The van der Waals surface area contributed by atoms with Crippen molar-refractivity contribution in [1.82, 2.24) is 0 Å². The van der Waals surface area contributed by atoms with Crippen LogP contribution in [-0.2, 0) is 16.8 Å². The number of fused-ring (bicyclic) bond motifs is 1. The topological polar surface area (TPSA) is 59.0 Å². The molecule has 3 rings (SSSR count). The zero-order valence-corrected chi connectivity index (χ0v) is 19.2. The van der Waals surface area contributed by atoms with Gasteiger partial charge in [0, 0.05) is 23.2 Å². The smallest absolute Gasteiger partial charge is 0.430 e. The monoisotopic (exact) mass is 505 g/mol. The zero-order valence-electron chi connectivity index (χ0n) is 19.2. The molecular formula is C24H25F6NO4. The Balaban J connectivity index is 2.03. The Kier molecular flexibility index (Phi) is 7.31. The minimum atomic E-state index is -6.00. The lowest BCUT2D eigenvalue weighted by molar-refractivity contribution is -0.376. The number of rotatable bonds is 5. The molecule has 0 bridgehead atoms. The molecule has 0 spiro atoms. The largest absolute Gasteiger partial charge is 0.497 e. The Labute approximate surface area is 198 Å². The van der Waals surface area contributed by atoms with E-state index in [1.54, 1.807) is 38.1 Å². The van der Waals surface area contributed by atoms with Gasteiger partial charge in [0.1, 0.15) is 17.6 Å². The number of alkyl halides is 6. The minimum Gasteiger partial charge on any atom is -0.497 e. The Hall–Kier alpha value is -2.95. The number of aryl methyl sites for hydroxylation is 1. The van der Waals surface area contributed by atoms with E-state index in [-0.39, 0.29) is 36.5 Å². The quantitative estimate of drug-likeness (QED) is 0.554. The van der Waals surface area contributed by atoms with Gasteiger partial charge in [0.05, 0.1) is 13.7 Å². The fourth-order valence-corrected chi connectivity index (χ4v) is 3.96. The van der Waals surface area contributed by atoms with E-state index in [9.17, 15) is 36.2 Å². The molecule has 11 heteroatoms. The molecule has 1 N–H and O–H groups in total. The van der Waals surface area contributed by atoms with Gasteiger partial charge in [-0.05, 0) is 36.6 Å². The van der Waals surface area contributed by atoms with Crippen molar-refractivity contribution in [3.8, 4) is 11.5 Å². The van der Waals surface area contributed by atoms with Crippen LogP contribution in [0.5, 0.6) is 11.5 Å². The van der Waals surface area contributed by atoms with E-state index in [4.69, 9.17) is 9.47 Å². The van der Waals surface area contributed by atoms with E-state index in [1.165, 1.54) is 12.0 Å². The lowest BCUT2D eigenvalue weighted by Crippen LogP contribution is -2.54. The minimum absolute atomic E-state index is 0.0193. The van der Waals surface area contributed by atoms with Gasteiger partial charge in [-0.25, -0.2) is 0 Å². The second kappa shape index (κ2) is 9.60. The van der Waals surface area contributed by atoms with E-state index in [0.717, 1.165) is 6.07 Å². The number of halogens is 6. The van der Waals surface area contributed by atoms with E-state index in [0.29, 0.717) is 23.6 Å². The van der Waals surface area contributed by atoms with Crippen molar-refractivity contribution in [2.75, 3.05) is 18.6 Å². The third kappa shape index (κ3) is 5.19. The highest BCUT2D eigenvalue weighted by Crippen LogP contribution is 2.50. The van der Waals surface area contributed by atoms with Crippen molar-refractivity contribution in [3.05, 3.63) is 53.6 Å². The summed E-state index contributed by atoms with van der Waals surface area (Å²) in [5, 5.41) is 9.82. The number of hydrogen-bond donors (Lipinski definition) is 1. The average molecular weight is 505 g/mol. The maximum atomic E-state index is 13.4. The predicted molar refractivity (Wildman–Crippen MR) is 115 cm³/mol. The van der Waals surface area contributed by atoms with Crippen molar-refractivity contribution in [2.24, 2.45) is 5.92 Å². The van der Waals surface area contributed by atoms with Crippen molar-refractivity contribution in [1.29, 1.82) is 0 Å². The molecule has 2 aromatic rings. The Morgan fingerprint density at radius 2 is 1.66 bits per heavy atom. The van der Waals surface area contributed by atoms with Crippen molar-refractivity contribution in [3.63, 3.8) is 0 Å². The number of carbonyl (C=O) groups excluding carboxylic acids is 1. The van der Waals surface area contributed by atoms with Crippen LogP contribution in [-0.4, -0.2) is 43.1 Å². The first-order valence-corrected chi connectivity index (χ1v) is 10.8. The highest BCUT2D eigenvalue weighted by Gasteiger charge is 2.71. The van der Waals surface area contributed by atoms with Crippen LogP contribution >= 0.6 is 0 Å². The molecule has 0 saturated carbocycles. The molecule has 0 radical (unpaired) electrons. The number of amides is 1. The number of hydrogen-bond acceptors (Lipinski definition) is 4. The van der Waals surface area contributed by atoms with Crippen molar-refractivity contribution in [2.45, 2.75) is 50.7 Å². The molecule has 0 fully saturated rings. The number of benzene rings is 2. The molecule has 0 unspecified atom stereocenters. The number of nitrogens with zero attached hydrogens (tertiary/aromatic N) is 1. The molecule has 192 valence electrons. The van der Waals surface area contributed by atoms with Crippen LogP contribution in [0.25, 0.3) is 0 Å². The number of ether oxygens (including phenoxy) is 2. The second-order valence-electron chi connectivity index (χ2n) is 8.61. The molecule has 2 aromatic carbocycles. The van der Waals surface area contributed by atoms with Gasteiger partial charge in [-0.1, -0.05) is 32.0 Å². The maximum Gasteiger partial charge on any atom is 0.430 e. The van der Waals surface area contributed by atoms with Crippen LogP contribution in [0, 0.1) is 5.92 Å². The van der Waals surface area contributed by atoms with E-state index >= 15 is 0 Å². The fourth-order valence-electron chi connectivity index (χ4n) is 3.96. The number of carbonyl (C=O) groups is 1. The molecule has 0 saturated heterocycles. The molecule has 5 nitrogen and oxygen atoms in total. The van der Waals surface area contributed by atoms with Crippen molar-refractivity contribution < 1.29 is 45.7 Å². The highest BCUT2D eigenvalue weighted by molar-refractivity contribution is 5.95. The third-order valence-electron chi connectivity index (χ3n) is 5.83. The summed E-state index contributed by atoms with van der Waals surface area (Å²) >= 11 is 0. The van der Waals surface area contributed by atoms with E-state index in [1.807, 2.05) is 0 Å². The molecule has 35 heavy (non-hydrogen) atoms. The molecule has 1 aliphatic heterocycles. The Morgan fingerprint density at radius 3 is 2.23 bits per heavy atom. The zero-order chi connectivity index (χ0) is 26.2. The highest BCUT2D eigenvalue weighted by atomic mass is 19.4. The third-order valence-corrected chi connectivity index (χ3v) is 5.83. The first-order chi connectivity index (χ1) is 16.2. The summed E-state index contributed by atoms with van der Waals surface area (Å²) in [5.74, 6) is 0.0848. The lowest BCUT2D eigenvalue weighted by Gasteiger charge is -2.33. The van der Waals surface area contributed by atoms with Crippen LogP contribution in [0.15, 0.2) is 42.5 Å². The molecule has 0 aromatic heterocycles. The molecule has 0 aliphatic carbocycles. The lowest BCUT2D eigenvalue weighted by atomic mass is 9.89. The average Bonchev–Trinajstić information content (AvgIpc) is 2.95. The van der Waals surface area contributed by atoms with Crippen LogP contribution < -0.4 is 14.4 Å². The summed E-state index contributed by atoms with van der Waals surface area (Å²) in [4.78, 5) is 14.3. The standard InChI is InChI=1S/C24H25F6NO4/c1-14(2)21(32)31-13-19(35-18-6-4-5-17(12-18)34-3)9-7-15-11-16(8-10-20(15)31)22(33,23(25,26)27)24(28,29)30/h4-6,8,10-12,14,19,33H,7,9,13H2,1-3H3/t19-/m0/s1. The van der Waals surface area contributed by atoms with E-state index < -0.39 is 35.5 Å². The molecule has 1 atom stereocenters. The first kappa shape index (κ1) is 26.7. The summed E-state index contributed by atoms with van der Waals surface area (Å²) in [7, 11) is 1.48. The van der Waals surface area contributed by atoms with Gasteiger partial charge >= 0.3 is 12.4 Å². The SMILES string of the molecule is COc1cccc(O[C@H]2CCc3cc(C(O)(C(F)(F)F)C(F)(F)F)ccc3N(C(=O)C(C)C)C2)c1. The van der Waals surface area contributed by atoms with Gasteiger partial charge in [0.2, 0.25) is 5.91 Å².